The molecule has 6 atom stereocenters. The van der Waals surface area contributed by atoms with E-state index in [1.807, 2.05) is 0 Å². The van der Waals surface area contributed by atoms with Gasteiger partial charge in [-0.25, -0.2) is 0 Å². The highest BCUT2D eigenvalue weighted by Crippen LogP contribution is 2.66. The molecule has 0 heteroatoms. The molecule has 3 saturated carbocycles. The van der Waals surface area contributed by atoms with Crippen molar-refractivity contribution in [1.29, 1.82) is 0 Å². The number of hydrogen-bond acceptors (Lipinski definition) is 0. The van der Waals surface area contributed by atoms with Crippen molar-refractivity contribution in [2.24, 2.45) is 35.5 Å². The fraction of sp³-hybridized carbons (Fsp3) is 0.846. The highest BCUT2D eigenvalue weighted by atomic mass is 14.6. The summed E-state index contributed by atoms with van der Waals surface area (Å²) in [5.41, 5.74) is 0. The first-order chi connectivity index (χ1) is 6.45. The van der Waals surface area contributed by atoms with E-state index in [1.54, 1.807) is 19.3 Å². The lowest BCUT2D eigenvalue weighted by atomic mass is 9.50. The quantitative estimate of drug-likeness (QED) is 0.494. The normalized spacial score (nSPS) is 61.5. The molecule has 0 radical (unpaired) electrons. The van der Waals surface area contributed by atoms with Crippen LogP contribution in [-0.4, -0.2) is 0 Å². The minimum absolute atomic E-state index is 1.05. The average molecular weight is 174 g/mol. The minimum atomic E-state index is 1.05. The van der Waals surface area contributed by atoms with Crippen molar-refractivity contribution in [2.45, 2.75) is 32.1 Å². The Labute approximate surface area is 80.4 Å². The monoisotopic (exact) mass is 174 g/mol. The first-order valence-electron chi connectivity index (χ1n) is 6.13. The maximum atomic E-state index is 2.50. The lowest BCUT2D eigenvalue weighted by Gasteiger charge is -2.54. The van der Waals surface area contributed by atoms with Gasteiger partial charge in [0.2, 0.25) is 0 Å². The van der Waals surface area contributed by atoms with Gasteiger partial charge in [0.15, 0.2) is 0 Å². The molecule has 0 aromatic carbocycles. The van der Waals surface area contributed by atoms with Gasteiger partial charge in [-0.1, -0.05) is 31.4 Å². The molecule has 0 amide bonds. The molecule has 6 unspecified atom stereocenters. The summed E-state index contributed by atoms with van der Waals surface area (Å²) in [5.74, 6) is 6.71. The van der Waals surface area contributed by atoms with Crippen molar-refractivity contribution in [3.63, 3.8) is 0 Å². The summed E-state index contributed by atoms with van der Waals surface area (Å²) in [6.45, 7) is 0. The Hall–Kier alpha value is -0.260. The summed E-state index contributed by atoms with van der Waals surface area (Å²) in [7, 11) is 0. The molecular formula is C13H18. The van der Waals surface area contributed by atoms with Crippen LogP contribution >= 0.6 is 0 Å². The van der Waals surface area contributed by atoms with Gasteiger partial charge in [-0.05, 0) is 48.3 Å². The highest BCUT2D eigenvalue weighted by molar-refractivity contribution is 5.25. The van der Waals surface area contributed by atoms with Crippen LogP contribution in [0, 0.1) is 35.5 Å². The van der Waals surface area contributed by atoms with Gasteiger partial charge < -0.3 is 0 Å². The van der Waals surface area contributed by atoms with Gasteiger partial charge in [-0.3, -0.25) is 0 Å². The molecule has 0 spiro atoms. The molecule has 0 bridgehead atoms. The molecule has 3 fully saturated rings. The van der Waals surface area contributed by atoms with Gasteiger partial charge in [0.05, 0.1) is 0 Å². The van der Waals surface area contributed by atoms with Crippen molar-refractivity contribution in [3.8, 4) is 0 Å². The van der Waals surface area contributed by atoms with Gasteiger partial charge in [-0.15, -0.1) is 0 Å². The van der Waals surface area contributed by atoms with Crippen molar-refractivity contribution in [3.05, 3.63) is 12.2 Å². The van der Waals surface area contributed by atoms with E-state index in [0.29, 0.717) is 0 Å². The SMILES string of the molecule is C1=CC2C1C1CC3CCCCC3C21. The molecule has 70 valence electrons. The zero-order valence-corrected chi connectivity index (χ0v) is 8.15. The van der Waals surface area contributed by atoms with E-state index in [-0.39, 0.29) is 0 Å². The number of rotatable bonds is 0. The van der Waals surface area contributed by atoms with Crippen LogP contribution in [0.3, 0.4) is 0 Å². The fourth-order valence-electron chi connectivity index (χ4n) is 4.88. The summed E-state index contributed by atoms with van der Waals surface area (Å²) in [5, 5.41) is 0. The smallest absolute Gasteiger partial charge is 0.0134 e. The third kappa shape index (κ3) is 0.705. The number of fused-ring (bicyclic) bond motifs is 6. The van der Waals surface area contributed by atoms with Crippen LogP contribution in [0.15, 0.2) is 12.2 Å². The van der Waals surface area contributed by atoms with Crippen molar-refractivity contribution in [2.75, 3.05) is 0 Å². The summed E-state index contributed by atoms with van der Waals surface area (Å²) < 4.78 is 0. The van der Waals surface area contributed by atoms with Crippen LogP contribution in [0.5, 0.6) is 0 Å². The van der Waals surface area contributed by atoms with Crippen molar-refractivity contribution in [1.82, 2.24) is 0 Å². The Balaban J connectivity index is 1.64. The summed E-state index contributed by atoms with van der Waals surface area (Å²) >= 11 is 0. The third-order valence-electron chi connectivity index (χ3n) is 5.47. The molecule has 4 aliphatic rings. The molecule has 0 heterocycles. The Bertz CT molecular complexity index is 265. The van der Waals surface area contributed by atoms with Gasteiger partial charge in [0.25, 0.3) is 0 Å². The largest absolute Gasteiger partial charge is 0.0842 e. The zero-order chi connectivity index (χ0) is 8.41. The molecular weight excluding hydrogens is 156 g/mol. The first-order valence-corrected chi connectivity index (χ1v) is 6.13. The van der Waals surface area contributed by atoms with Gasteiger partial charge in [0.1, 0.15) is 0 Å². The molecule has 0 aromatic heterocycles. The fourth-order valence-corrected chi connectivity index (χ4v) is 4.88. The summed E-state index contributed by atoms with van der Waals surface area (Å²) in [4.78, 5) is 0. The van der Waals surface area contributed by atoms with E-state index in [2.05, 4.69) is 12.2 Å². The van der Waals surface area contributed by atoms with Crippen LogP contribution in [-0.2, 0) is 0 Å². The maximum Gasteiger partial charge on any atom is -0.0134 e. The van der Waals surface area contributed by atoms with E-state index in [4.69, 9.17) is 0 Å². The lowest BCUT2D eigenvalue weighted by molar-refractivity contribution is 0.0135. The van der Waals surface area contributed by atoms with Crippen LogP contribution < -0.4 is 0 Å². The standard InChI is InChI=1S/C13H18/c1-2-4-9-8(3-1)7-12-10-5-6-11(10)13(9)12/h5-6,8-13H,1-4,7H2. The maximum absolute atomic E-state index is 2.50. The molecule has 0 aliphatic heterocycles. The van der Waals surface area contributed by atoms with Crippen LogP contribution in [0.2, 0.25) is 0 Å². The van der Waals surface area contributed by atoms with Crippen molar-refractivity contribution >= 4 is 0 Å². The minimum Gasteiger partial charge on any atom is -0.0842 e. The molecule has 13 heavy (non-hydrogen) atoms. The predicted molar refractivity (Wildman–Crippen MR) is 53.2 cm³/mol. The van der Waals surface area contributed by atoms with E-state index in [9.17, 15) is 0 Å². The Kier molecular flexibility index (Phi) is 1.21. The average Bonchev–Trinajstić information content (AvgIpc) is 2.42. The van der Waals surface area contributed by atoms with Gasteiger partial charge >= 0.3 is 0 Å². The Morgan fingerprint density at radius 1 is 0.846 bits per heavy atom. The number of hydrogen-bond donors (Lipinski definition) is 0. The second-order valence-electron chi connectivity index (χ2n) is 5.72. The first kappa shape index (κ1) is 7.09. The zero-order valence-electron chi connectivity index (χ0n) is 8.15. The van der Waals surface area contributed by atoms with Crippen LogP contribution in [0.25, 0.3) is 0 Å². The van der Waals surface area contributed by atoms with Gasteiger partial charge in [-0.2, -0.15) is 0 Å². The summed E-state index contributed by atoms with van der Waals surface area (Å²) in [6.07, 6.45) is 12.8. The Morgan fingerprint density at radius 2 is 1.69 bits per heavy atom. The molecule has 0 N–H and O–H groups in total. The topological polar surface area (TPSA) is 0 Å². The summed E-state index contributed by atoms with van der Waals surface area (Å²) in [6, 6.07) is 0. The third-order valence-corrected chi connectivity index (χ3v) is 5.47. The number of allylic oxidation sites excluding steroid dienone is 2. The predicted octanol–water partition coefficient (Wildman–Crippen LogP) is 3.24. The lowest BCUT2D eigenvalue weighted by Crippen LogP contribution is -2.48. The van der Waals surface area contributed by atoms with E-state index in [0.717, 1.165) is 35.5 Å². The van der Waals surface area contributed by atoms with Crippen LogP contribution in [0.1, 0.15) is 32.1 Å². The van der Waals surface area contributed by atoms with Crippen molar-refractivity contribution < 1.29 is 0 Å². The second-order valence-corrected chi connectivity index (χ2v) is 5.72. The molecule has 0 saturated heterocycles. The van der Waals surface area contributed by atoms with Gasteiger partial charge in [0, 0.05) is 0 Å². The molecule has 4 aliphatic carbocycles. The van der Waals surface area contributed by atoms with Crippen LogP contribution in [0.4, 0.5) is 0 Å². The van der Waals surface area contributed by atoms with E-state index < -0.39 is 0 Å². The molecule has 0 nitrogen and oxygen atoms in total. The Morgan fingerprint density at radius 3 is 2.54 bits per heavy atom. The van der Waals surface area contributed by atoms with E-state index in [1.165, 1.54) is 12.8 Å². The molecule has 4 rings (SSSR count). The second kappa shape index (κ2) is 2.21. The highest BCUT2D eigenvalue weighted by Gasteiger charge is 2.60. The molecule has 0 aromatic rings. The van der Waals surface area contributed by atoms with E-state index >= 15 is 0 Å².